The van der Waals surface area contributed by atoms with Crippen LogP contribution in [-0.4, -0.2) is 246 Å². The molecule has 4 aliphatic rings. The topological polar surface area (TPSA) is 473 Å². The average Bonchev–Trinajstić information content (AvgIpc) is 3.22. The normalized spacial score (nSPS) is 39.4. The van der Waals surface area contributed by atoms with E-state index in [1.807, 2.05) is 0 Å². The Morgan fingerprint density at radius 2 is 0.940 bits per heavy atom. The maximum Gasteiger partial charge on any atom is 1.00 e. The van der Waals surface area contributed by atoms with Gasteiger partial charge in [-0.05, 0) is 25.8 Å². The van der Waals surface area contributed by atoms with Crippen LogP contribution in [0, 0.1) is 0 Å². The molecule has 0 aromatic carbocycles. The van der Waals surface area contributed by atoms with Gasteiger partial charge in [-0.25, -0.2) is 16.8 Å². The number of aliphatic hydroxyl groups is 9. The van der Waals surface area contributed by atoms with Crippen molar-refractivity contribution >= 4 is 32.6 Å². The van der Waals surface area contributed by atoms with Crippen LogP contribution in [0.25, 0.3) is 0 Å². The van der Waals surface area contributed by atoms with E-state index >= 15 is 0 Å². The Balaban J connectivity index is 0.00000771. The number of hydrogen-bond acceptors (Lipinski definition) is 28. The Bertz CT molecular complexity index is 1750. The number of aliphatic hydroxyl groups excluding tert-OH is 9. The van der Waals surface area contributed by atoms with E-state index in [4.69, 9.17) is 43.6 Å². The zero-order valence-electron chi connectivity index (χ0n) is 36.7. The molecular formula is C33H57N3Na2O27S2. The molecule has 0 aliphatic carbocycles. The van der Waals surface area contributed by atoms with Gasteiger partial charge in [-0.3, -0.25) is 18.0 Å². The van der Waals surface area contributed by atoms with Gasteiger partial charge in [0.15, 0.2) is 25.2 Å². The predicted octanol–water partition coefficient (Wildman–Crippen LogP) is -15.3. The number of nitrogens with two attached hydrogens (primary N) is 1. The molecule has 13 N–H and O–H groups in total. The molecule has 0 radical (unpaired) electrons. The van der Waals surface area contributed by atoms with Gasteiger partial charge >= 0.3 is 59.1 Å². The van der Waals surface area contributed by atoms with E-state index in [-0.39, 0.29) is 65.7 Å². The Kier molecular flexibility index (Phi) is 26.8. The Labute approximate surface area is 428 Å². The fraction of sp³-hybridized carbons (Fsp3) is 0.939. The third kappa shape index (κ3) is 18.1. The van der Waals surface area contributed by atoms with Crippen LogP contribution in [0.2, 0.25) is 0 Å². The summed E-state index contributed by atoms with van der Waals surface area (Å²) in [6.45, 7) is -1.67. The first-order chi connectivity index (χ1) is 30.4. The minimum Gasteiger partial charge on any atom is -0.726 e. The number of rotatable bonds is 22. The standard InChI is InChI=1S/C33H59N3O27S2.2Na/c1-12(38)35-18-29(63-33-27(47)25(45)21(41)17(61-33)11-57-65(51,52)53)23(43)15(59-30(18)54-7-5-3-4-6-34)9-55-31-19(36-13(2)39)28(22(42)14(8-37)58-31)62-32-26(46)24(44)20(40)16(60-32)10-56-64(48,49)50;;/h14-33,37,40-47H,3-11,34H2,1-2H3,(H,35,38)(H,36,39)(H,48,49,50)(H,51,52,53);;/q;2*+1/p-2/t14-,15-,16-,17-,18-,19-,20-,21-,22+,23+,24+,25+,26-,27-,28-,29-,30-,31-,32+,33+;;/m1../s1. The largest absolute Gasteiger partial charge is 1.00 e. The molecule has 30 nitrogen and oxygen atoms in total. The summed E-state index contributed by atoms with van der Waals surface area (Å²) in [4.78, 5) is 25.0. The molecule has 0 bridgehead atoms. The number of hydrogen-bond donors (Lipinski definition) is 12. The molecule has 4 aliphatic heterocycles. The molecule has 4 rings (SSSR count). The van der Waals surface area contributed by atoms with Crippen molar-refractivity contribution in [2.45, 2.75) is 156 Å². The second-order valence-electron chi connectivity index (χ2n) is 15.4. The third-order valence-corrected chi connectivity index (χ3v) is 11.3. The summed E-state index contributed by atoms with van der Waals surface area (Å²) in [5.74, 6) is -1.54. The van der Waals surface area contributed by atoms with Gasteiger partial charge in [0, 0.05) is 20.5 Å². The number of carbonyl (C=O) groups excluding carboxylic acids is 2. The van der Waals surface area contributed by atoms with E-state index < -0.39 is 182 Å². The molecule has 4 heterocycles. The van der Waals surface area contributed by atoms with Crippen molar-refractivity contribution in [1.29, 1.82) is 0 Å². The van der Waals surface area contributed by atoms with Gasteiger partial charge in [-0.2, -0.15) is 0 Å². The number of nitrogens with one attached hydrogen (secondary N) is 2. The number of amides is 2. The second kappa shape index (κ2) is 28.4. The number of ether oxygens (including phenoxy) is 8. The van der Waals surface area contributed by atoms with Crippen LogP contribution >= 0.6 is 0 Å². The van der Waals surface area contributed by atoms with Crippen LogP contribution in [0.5, 0.6) is 0 Å². The summed E-state index contributed by atoms with van der Waals surface area (Å²) in [6.07, 6.45) is -32.9. The van der Waals surface area contributed by atoms with Crippen molar-refractivity contribution in [3.63, 3.8) is 0 Å². The van der Waals surface area contributed by atoms with Crippen LogP contribution in [0.15, 0.2) is 0 Å². The first-order valence-electron chi connectivity index (χ1n) is 20.0. The van der Waals surface area contributed by atoms with Gasteiger partial charge in [0.2, 0.25) is 32.6 Å². The van der Waals surface area contributed by atoms with E-state index in [2.05, 4.69) is 19.0 Å². The fourth-order valence-corrected chi connectivity index (χ4v) is 7.87. The molecule has 0 saturated carbocycles. The van der Waals surface area contributed by atoms with Gasteiger partial charge in [-0.1, -0.05) is 0 Å². The molecule has 67 heavy (non-hydrogen) atoms. The maximum atomic E-state index is 12.5. The molecule has 4 fully saturated rings. The van der Waals surface area contributed by atoms with Crippen molar-refractivity contribution in [2.75, 3.05) is 39.6 Å². The monoisotopic (exact) mass is 1040 g/mol. The molecule has 34 heteroatoms. The molecule has 0 aromatic rings. The van der Waals surface area contributed by atoms with Crippen molar-refractivity contribution < 1.29 is 187 Å². The number of unbranched alkanes of at least 4 members (excludes halogenated alkanes) is 2. The fourth-order valence-electron chi connectivity index (χ4n) is 7.26. The van der Waals surface area contributed by atoms with Gasteiger partial charge in [-0.15, -0.1) is 0 Å². The van der Waals surface area contributed by atoms with Gasteiger partial charge in [0.25, 0.3) is 0 Å². The van der Waals surface area contributed by atoms with Crippen molar-refractivity contribution in [3.8, 4) is 0 Å². The molecule has 0 unspecified atom stereocenters. The van der Waals surface area contributed by atoms with Gasteiger partial charge in [0.05, 0.1) is 26.4 Å². The average molecular weight is 1040 g/mol. The Morgan fingerprint density at radius 1 is 0.552 bits per heavy atom. The maximum absolute atomic E-state index is 12.5. The number of carbonyl (C=O) groups is 2. The van der Waals surface area contributed by atoms with Crippen LogP contribution in [0.4, 0.5) is 0 Å². The van der Waals surface area contributed by atoms with Crippen LogP contribution in [-0.2, 0) is 76.6 Å². The molecule has 4 saturated heterocycles. The summed E-state index contributed by atoms with van der Waals surface area (Å²) in [5, 5.41) is 102. The summed E-state index contributed by atoms with van der Waals surface area (Å²) in [7, 11) is -10.7. The zero-order chi connectivity index (χ0) is 48.6. The van der Waals surface area contributed by atoms with E-state index in [9.17, 15) is 81.5 Å². The zero-order valence-corrected chi connectivity index (χ0v) is 42.3. The summed E-state index contributed by atoms with van der Waals surface area (Å²) in [5.41, 5.74) is 5.58. The van der Waals surface area contributed by atoms with Crippen LogP contribution < -0.4 is 75.5 Å². The summed E-state index contributed by atoms with van der Waals surface area (Å²) in [6, 6.07) is -3.14. The predicted molar refractivity (Wildman–Crippen MR) is 201 cm³/mol. The van der Waals surface area contributed by atoms with E-state index in [0.29, 0.717) is 25.8 Å². The van der Waals surface area contributed by atoms with E-state index in [1.54, 1.807) is 0 Å². The SMILES string of the molecule is CC(=O)N[C@H]1[C@H](OC[C@H]2O[C@@H](OCCCCCN)[C@H](NC(C)=O)[C@@H](O[C@@H]3O[C@H](COS(=O)(=O)[O-])[C@@H](O)[C@H](O)[C@H]3O)[C@H]2O)O[C@H](CO)[C@H](O)[C@@H]1O[C@@H]1O[C@H](COS(=O)(=O)[O-])[C@@H](O)[C@H](O)[C@H]1O.[Na+].[Na+]. The van der Waals surface area contributed by atoms with Crippen molar-refractivity contribution in [3.05, 3.63) is 0 Å². The first-order valence-corrected chi connectivity index (χ1v) is 22.7. The summed E-state index contributed by atoms with van der Waals surface area (Å²) >= 11 is 0. The molecule has 20 atom stereocenters. The van der Waals surface area contributed by atoms with Gasteiger partial charge in [0.1, 0.15) is 97.5 Å². The molecule has 380 valence electrons. The Morgan fingerprint density at radius 3 is 1.34 bits per heavy atom. The summed E-state index contributed by atoms with van der Waals surface area (Å²) < 4.78 is 121. The smallest absolute Gasteiger partial charge is 0.726 e. The quantitative estimate of drug-likeness (QED) is 0.0207. The minimum atomic E-state index is -5.35. The second-order valence-corrected chi connectivity index (χ2v) is 17.5. The van der Waals surface area contributed by atoms with Crippen LogP contribution in [0.1, 0.15) is 33.1 Å². The molecule has 0 spiro atoms. The first kappa shape index (κ1) is 63.1. The van der Waals surface area contributed by atoms with Crippen LogP contribution in [0.3, 0.4) is 0 Å². The molecular weight excluding hydrogens is 980 g/mol. The molecule has 0 aromatic heterocycles. The van der Waals surface area contributed by atoms with Crippen molar-refractivity contribution in [1.82, 2.24) is 10.6 Å². The molecule has 2 amide bonds. The van der Waals surface area contributed by atoms with Gasteiger partial charge < -0.3 is 109 Å². The Hall–Kier alpha value is -0.0400. The minimum absolute atomic E-state index is 0. The van der Waals surface area contributed by atoms with E-state index in [1.165, 1.54) is 0 Å². The van der Waals surface area contributed by atoms with E-state index in [0.717, 1.165) is 13.8 Å². The third-order valence-electron chi connectivity index (χ3n) is 10.5. The van der Waals surface area contributed by atoms with Crippen molar-refractivity contribution in [2.24, 2.45) is 5.73 Å².